The number of hydrogen-bond donors (Lipinski definition) is 1. The largest absolute Gasteiger partial charge is 0.482 e. The van der Waals surface area contributed by atoms with E-state index in [1.54, 1.807) is 45.0 Å². The van der Waals surface area contributed by atoms with Gasteiger partial charge in [-0.05, 0) is 50.6 Å². The third-order valence-corrected chi connectivity index (χ3v) is 2.14. The zero-order valence-electron chi connectivity index (χ0n) is 12.6. The Bertz CT molecular complexity index is 595. The Balaban J connectivity index is 2.47. The van der Waals surface area contributed by atoms with Gasteiger partial charge in [0.15, 0.2) is 12.7 Å². The van der Waals surface area contributed by atoms with Gasteiger partial charge in [-0.15, -0.1) is 0 Å². The summed E-state index contributed by atoms with van der Waals surface area (Å²) >= 11 is 0. The monoisotopic (exact) mass is 303 g/mol. The van der Waals surface area contributed by atoms with E-state index in [0.717, 1.165) is 0 Å². The van der Waals surface area contributed by atoms with Gasteiger partial charge in [-0.25, -0.2) is 10.2 Å². The molecule has 1 aromatic carbocycles. The van der Waals surface area contributed by atoms with Crippen molar-refractivity contribution in [2.24, 2.45) is 5.10 Å². The first-order valence-corrected chi connectivity index (χ1v) is 6.48. The Labute approximate surface area is 128 Å². The second-order valence-corrected chi connectivity index (χ2v) is 5.26. The molecule has 0 atom stereocenters. The topological polar surface area (TPSA) is 101 Å². The molecule has 0 saturated heterocycles. The summed E-state index contributed by atoms with van der Waals surface area (Å²) < 4.78 is 10.4. The summed E-state index contributed by atoms with van der Waals surface area (Å²) in [4.78, 5) is 22.2. The zero-order valence-corrected chi connectivity index (χ0v) is 12.6. The molecular formula is C15H17N3O4. The maximum absolute atomic E-state index is 11.5. The standard InChI is InChI=1S/C15H17N3O4/c1-15(2,3)22-14(20)10-21-12-6-4-11(5-7-12)9-17-18-13(19)8-16/h4-7,9H,10H2,1-3H3,(H,18,19)/b17-9+. The summed E-state index contributed by atoms with van der Waals surface area (Å²) in [5, 5.41) is 11.8. The van der Waals surface area contributed by atoms with Crippen LogP contribution in [-0.4, -0.2) is 30.3 Å². The molecule has 1 aromatic rings. The van der Waals surface area contributed by atoms with E-state index in [1.807, 2.05) is 5.43 Å². The van der Waals surface area contributed by atoms with Gasteiger partial charge in [0.25, 0.3) is 0 Å². The van der Waals surface area contributed by atoms with Crippen molar-refractivity contribution >= 4 is 18.1 Å². The Morgan fingerprint density at radius 1 is 1.32 bits per heavy atom. The molecule has 1 amide bonds. The SMILES string of the molecule is CC(C)(C)OC(=O)COc1ccc(/C=N/NC(=O)C#N)cc1. The van der Waals surface area contributed by atoms with Crippen molar-refractivity contribution in [2.45, 2.75) is 26.4 Å². The minimum atomic E-state index is -0.839. The number of amides is 1. The molecule has 0 unspecified atom stereocenters. The lowest BCUT2D eigenvalue weighted by Gasteiger charge is -2.19. The maximum atomic E-state index is 11.5. The number of carbonyl (C=O) groups excluding carboxylic acids is 2. The molecule has 0 aliphatic rings. The van der Waals surface area contributed by atoms with E-state index in [9.17, 15) is 9.59 Å². The minimum absolute atomic E-state index is 0.178. The Hall–Kier alpha value is -2.88. The fourth-order valence-electron chi connectivity index (χ4n) is 1.35. The van der Waals surface area contributed by atoms with Crippen LogP contribution in [0.3, 0.4) is 0 Å². The van der Waals surface area contributed by atoms with Crippen LogP contribution in [0, 0.1) is 11.3 Å². The molecule has 0 spiro atoms. The van der Waals surface area contributed by atoms with Crippen molar-refractivity contribution < 1.29 is 19.1 Å². The smallest absolute Gasteiger partial charge is 0.344 e. The van der Waals surface area contributed by atoms with Crippen LogP contribution in [0.2, 0.25) is 0 Å². The number of nitrogens with one attached hydrogen (secondary N) is 1. The lowest BCUT2D eigenvalue weighted by atomic mass is 10.2. The molecule has 1 rings (SSSR count). The van der Waals surface area contributed by atoms with Gasteiger partial charge in [-0.3, -0.25) is 4.79 Å². The molecule has 0 aliphatic heterocycles. The van der Waals surface area contributed by atoms with Crippen LogP contribution in [-0.2, 0) is 14.3 Å². The Morgan fingerprint density at radius 3 is 2.50 bits per heavy atom. The molecule has 0 saturated carbocycles. The number of carbonyl (C=O) groups is 2. The van der Waals surface area contributed by atoms with E-state index < -0.39 is 17.5 Å². The van der Waals surface area contributed by atoms with Crippen LogP contribution >= 0.6 is 0 Å². The summed E-state index contributed by atoms with van der Waals surface area (Å²) in [5.74, 6) is -0.782. The molecule has 0 aliphatic carbocycles. The van der Waals surface area contributed by atoms with E-state index in [4.69, 9.17) is 14.7 Å². The average molecular weight is 303 g/mol. The van der Waals surface area contributed by atoms with Gasteiger partial charge in [-0.2, -0.15) is 10.4 Å². The van der Waals surface area contributed by atoms with Gasteiger partial charge in [0.2, 0.25) is 0 Å². The van der Waals surface area contributed by atoms with Gasteiger partial charge in [-0.1, -0.05) is 0 Å². The third-order valence-electron chi connectivity index (χ3n) is 2.14. The summed E-state index contributed by atoms with van der Waals surface area (Å²) in [7, 11) is 0. The van der Waals surface area contributed by atoms with Crippen molar-refractivity contribution in [3.63, 3.8) is 0 Å². The first-order chi connectivity index (χ1) is 10.3. The molecule has 0 radical (unpaired) electrons. The lowest BCUT2D eigenvalue weighted by Crippen LogP contribution is -2.27. The van der Waals surface area contributed by atoms with E-state index in [2.05, 4.69) is 5.10 Å². The van der Waals surface area contributed by atoms with Crippen LogP contribution in [0.15, 0.2) is 29.4 Å². The quantitative estimate of drug-likeness (QED) is 0.383. The van der Waals surface area contributed by atoms with Gasteiger partial charge in [0.1, 0.15) is 11.4 Å². The minimum Gasteiger partial charge on any atom is -0.482 e. The first-order valence-electron chi connectivity index (χ1n) is 6.48. The number of ether oxygens (including phenoxy) is 2. The van der Waals surface area contributed by atoms with Crippen molar-refractivity contribution in [1.29, 1.82) is 5.26 Å². The fourth-order valence-corrected chi connectivity index (χ4v) is 1.35. The first kappa shape index (κ1) is 17.2. The third kappa shape index (κ3) is 7.05. The van der Waals surface area contributed by atoms with E-state index in [-0.39, 0.29) is 6.61 Å². The molecule has 116 valence electrons. The number of hydrazone groups is 1. The predicted molar refractivity (Wildman–Crippen MR) is 79.1 cm³/mol. The molecule has 22 heavy (non-hydrogen) atoms. The summed E-state index contributed by atoms with van der Waals surface area (Å²) in [6, 6.07) is 8.05. The molecule has 7 heteroatoms. The fraction of sp³-hybridized carbons (Fsp3) is 0.333. The van der Waals surface area contributed by atoms with Gasteiger partial charge in [0.05, 0.1) is 6.21 Å². The normalized spacial score (nSPS) is 10.8. The molecule has 0 aromatic heterocycles. The van der Waals surface area contributed by atoms with Crippen molar-refractivity contribution in [3.8, 4) is 11.8 Å². The molecule has 0 fully saturated rings. The number of esters is 1. The van der Waals surface area contributed by atoms with Gasteiger partial charge in [0, 0.05) is 0 Å². The lowest BCUT2D eigenvalue weighted by molar-refractivity contribution is -0.157. The highest BCUT2D eigenvalue weighted by molar-refractivity contribution is 5.92. The van der Waals surface area contributed by atoms with E-state index in [0.29, 0.717) is 11.3 Å². The van der Waals surface area contributed by atoms with E-state index in [1.165, 1.54) is 12.3 Å². The zero-order chi connectivity index (χ0) is 16.6. The molecule has 0 bridgehead atoms. The number of nitriles is 1. The van der Waals surface area contributed by atoms with Crippen molar-refractivity contribution in [2.75, 3.05) is 6.61 Å². The van der Waals surface area contributed by atoms with Crippen LogP contribution in [0.1, 0.15) is 26.3 Å². The number of hydrogen-bond acceptors (Lipinski definition) is 6. The number of nitrogens with zero attached hydrogens (tertiary/aromatic N) is 2. The summed E-state index contributed by atoms with van der Waals surface area (Å²) in [6.07, 6.45) is 1.38. The predicted octanol–water partition coefficient (Wildman–Crippen LogP) is 1.38. The van der Waals surface area contributed by atoms with Crippen LogP contribution in [0.25, 0.3) is 0 Å². The van der Waals surface area contributed by atoms with Crippen molar-refractivity contribution in [1.82, 2.24) is 5.43 Å². The second-order valence-electron chi connectivity index (χ2n) is 5.26. The Morgan fingerprint density at radius 2 is 1.95 bits per heavy atom. The Kier molecular flexibility index (Phi) is 6.08. The summed E-state index contributed by atoms with van der Waals surface area (Å²) in [6.45, 7) is 5.17. The molecule has 1 N–H and O–H groups in total. The highest BCUT2D eigenvalue weighted by Gasteiger charge is 2.16. The van der Waals surface area contributed by atoms with Crippen LogP contribution in [0.5, 0.6) is 5.75 Å². The van der Waals surface area contributed by atoms with Crippen LogP contribution in [0.4, 0.5) is 0 Å². The van der Waals surface area contributed by atoms with Gasteiger partial charge >= 0.3 is 11.9 Å². The van der Waals surface area contributed by atoms with E-state index >= 15 is 0 Å². The molecular weight excluding hydrogens is 286 g/mol. The van der Waals surface area contributed by atoms with Gasteiger partial charge < -0.3 is 9.47 Å². The highest BCUT2D eigenvalue weighted by atomic mass is 16.6. The summed E-state index contributed by atoms with van der Waals surface area (Å²) in [5.41, 5.74) is 2.18. The number of benzene rings is 1. The highest BCUT2D eigenvalue weighted by Crippen LogP contribution is 2.12. The molecule has 0 heterocycles. The maximum Gasteiger partial charge on any atom is 0.344 e. The molecule has 7 nitrogen and oxygen atoms in total. The average Bonchev–Trinajstić information content (AvgIpc) is 2.44. The van der Waals surface area contributed by atoms with Crippen LogP contribution < -0.4 is 10.2 Å². The van der Waals surface area contributed by atoms with Crippen molar-refractivity contribution in [3.05, 3.63) is 29.8 Å². The number of rotatable bonds is 5. The second kappa shape index (κ2) is 7.78.